The molecule has 96 valence electrons. The molecule has 4 nitrogen and oxygen atoms in total. The van der Waals surface area contributed by atoms with Crippen LogP contribution in [0.15, 0.2) is 0 Å². The van der Waals surface area contributed by atoms with E-state index < -0.39 is 11.5 Å². The Labute approximate surface area is 98.6 Å². The van der Waals surface area contributed by atoms with Gasteiger partial charge in [-0.2, -0.15) is 0 Å². The predicted molar refractivity (Wildman–Crippen MR) is 66.3 cm³/mol. The van der Waals surface area contributed by atoms with Crippen molar-refractivity contribution in [1.82, 2.24) is 5.32 Å². The third-order valence-electron chi connectivity index (χ3n) is 3.42. The lowest BCUT2D eigenvalue weighted by molar-refractivity contribution is -0.153. The molecule has 0 bridgehead atoms. The highest BCUT2D eigenvalue weighted by molar-refractivity contribution is 5.80. The van der Waals surface area contributed by atoms with Crippen LogP contribution in [0.25, 0.3) is 0 Å². The maximum atomic E-state index is 11.7. The Morgan fingerprint density at radius 3 is 2.19 bits per heavy atom. The number of hydrogen-bond donors (Lipinski definition) is 3. The first-order valence-corrected chi connectivity index (χ1v) is 5.92. The van der Waals surface area contributed by atoms with Gasteiger partial charge in [-0.3, -0.25) is 10.1 Å². The van der Waals surface area contributed by atoms with Crippen LogP contribution in [0.3, 0.4) is 0 Å². The smallest absolute Gasteiger partial charge is 0.324 e. The zero-order valence-corrected chi connectivity index (χ0v) is 11.1. The minimum atomic E-state index is -0.916. The number of carboxylic acid groups (broad SMARTS) is 1. The molecule has 0 aromatic carbocycles. The van der Waals surface area contributed by atoms with E-state index in [-0.39, 0.29) is 11.3 Å². The van der Waals surface area contributed by atoms with E-state index in [1.54, 1.807) is 0 Å². The van der Waals surface area contributed by atoms with Crippen molar-refractivity contribution in [2.24, 2.45) is 17.1 Å². The van der Waals surface area contributed by atoms with Crippen LogP contribution in [0.5, 0.6) is 0 Å². The average molecular weight is 230 g/mol. The van der Waals surface area contributed by atoms with E-state index in [9.17, 15) is 9.90 Å². The van der Waals surface area contributed by atoms with Crippen molar-refractivity contribution >= 4 is 5.97 Å². The van der Waals surface area contributed by atoms with Gasteiger partial charge in [0.2, 0.25) is 0 Å². The number of aliphatic carboxylic acids is 1. The first kappa shape index (κ1) is 15.4. The van der Waals surface area contributed by atoms with Crippen LogP contribution >= 0.6 is 0 Å². The van der Waals surface area contributed by atoms with Gasteiger partial charge in [0.25, 0.3) is 0 Å². The Morgan fingerprint density at radius 1 is 1.44 bits per heavy atom. The normalized spacial score (nSPS) is 17.9. The largest absolute Gasteiger partial charge is 0.480 e. The van der Waals surface area contributed by atoms with Gasteiger partial charge in [0.05, 0.1) is 0 Å². The van der Waals surface area contributed by atoms with E-state index in [2.05, 4.69) is 5.32 Å². The molecule has 0 amide bonds. The molecule has 0 aliphatic rings. The topological polar surface area (TPSA) is 75.3 Å². The molecule has 4 heteroatoms. The van der Waals surface area contributed by atoms with Crippen molar-refractivity contribution in [2.45, 2.75) is 46.6 Å². The fourth-order valence-corrected chi connectivity index (χ4v) is 2.36. The summed E-state index contributed by atoms with van der Waals surface area (Å²) in [5, 5.41) is 12.7. The zero-order valence-electron chi connectivity index (χ0n) is 11.1. The maximum Gasteiger partial charge on any atom is 0.324 e. The Balaban J connectivity index is 5.31. The molecule has 0 aliphatic heterocycles. The van der Waals surface area contributed by atoms with Gasteiger partial charge < -0.3 is 10.8 Å². The lowest BCUT2D eigenvalue weighted by Gasteiger charge is -2.46. The third kappa shape index (κ3) is 2.74. The van der Waals surface area contributed by atoms with Crippen LogP contribution in [-0.4, -0.2) is 29.7 Å². The molecule has 2 atom stereocenters. The summed E-state index contributed by atoms with van der Waals surface area (Å²) in [4.78, 5) is 11.7. The van der Waals surface area contributed by atoms with Crippen molar-refractivity contribution in [2.75, 3.05) is 13.1 Å². The standard InChI is InChI=1S/C12H26N2O2/c1-6-9(2)12(10(15)16,11(3,4)5)14-8-7-13/h9,14H,6-8,13H2,1-5H3,(H,15,16)/t9-,12+/m0/s1. The number of nitrogens with one attached hydrogen (secondary N) is 1. The van der Waals surface area contributed by atoms with Gasteiger partial charge in [-0.05, 0) is 11.3 Å². The maximum absolute atomic E-state index is 11.7. The van der Waals surface area contributed by atoms with Gasteiger partial charge in [-0.25, -0.2) is 0 Å². The van der Waals surface area contributed by atoms with E-state index in [1.165, 1.54) is 0 Å². The Bertz CT molecular complexity index is 236. The first-order chi connectivity index (χ1) is 7.24. The second-order valence-electron chi connectivity index (χ2n) is 5.39. The Kier molecular flexibility index (Phi) is 5.42. The number of carboxylic acids is 1. The first-order valence-electron chi connectivity index (χ1n) is 5.92. The molecule has 0 aromatic rings. The van der Waals surface area contributed by atoms with Gasteiger partial charge in [-0.1, -0.05) is 41.0 Å². The molecule has 0 saturated heterocycles. The highest BCUT2D eigenvalue weighted by Gasteiger charge is 2.51. The summed E-state index contributed by atoms with van der Waals surface area (Å²) in [6, 6.07) is 0. The fourth-order valence-electron chi connectivity index (χ4n) is 2.36. The summed E-state index contributed by atoms with van der Waals surface area (Å²) in [7, 11) is 0. The molecular weight excluding hydrogens is 204 g/mol. The monoisotopic (exact) mass is 230 g/mol. The molecule has 0 unspecified atom stereocenters. The third-order valence-corrected chi connectivity index (χ3v) is 3.42. The summed E-state index contributed by atoms with van der Waals surface area (Å²) >= 11 is 0. The van der Waals surface area contributed by atoms with E-state index in [1.807, 2.05) is 34.6 Å². The van der Waals surface area contributed by atoms with E-state index in [4.69, 9.17) is 5.73 Å². The minimum Gasteiger partial charge on any atom is -0.480 e. The van der Waals surface area contributed by atoms with E-state index in [0.717, 1.165) is 6.42 Å². The van der Waals surface area contributed by atoms with Crippen molar-refractivity contribution in [3.05, 3.63) is 0 Å². The van der Waals surface area contributed by atoms with E-state index >= 15 is 0 Å². The zero-order chi connectivity index (χ0) is 13.0. The molecule has 0 spiro atoms. The Hall–Kier alpha value is -0.610. The van der Waals surface area contributed by atoms with Crippen LogP contribution in [0.1, 0.15) is 41.0 Å². The van der Waals surface area contributed by atoms with Crippen molar-refractivity contribution in [1.29, 1.82) is 0 Å². The molecule has 16 heavy (non-hydrogen) atoms. The van der Waals surface area contributed by atoms with Crippen LogP contribution in [0.4, 0.5) is 0 Å². The van der Waals surface area contributed by atoms with Crippen LogP contribution in [0, 0.1) is 11.3 Å². The van der Waals surface area contributed by atoms with Gasteiger partial charge in [-0.15, -0.1) is 0 Å². The molecule has 0 aromatic heterocycles. The fraction of sp³-hybridized carbons (Fsp3) is 0.917. The summed E-state index contributed by atoms with van der Waals surface area (Å²) in [5.41, 5.74) is 4.19. The lowest BCUT2D eigenvalue weighted by Crippen LogP contribution is -2.65. The average Bonchev–Trinajstić information content (AvgIpc) is 2.15. The quantitative estimate of drug-likeness (QED) is 0.645. The summed E-state index contributed by atoms with van der Waals surface area (Å²) in [6.07, 6.45) is 0.821. The second-order valence-corrected chi connectivity index (χ2v) is 5.39. The van der Waals surface area contributed by atoms with Crippen molar-refractivity contribution < 1.29 is 9.90 Å². The Morgan fingerprint density at radius 2 is 1.94 bits per heavy atom. The number of hydrogen-bond acceptors (Lipinski definition) is 3. The summed E-state index contributed by atoms with van der Waals surface area (Å²) in [5.74, 6) is -0.737. The number of carbonyl (C=O) groups is 1. The lowest BCUT2D eigenvalue weighted by atomic mass is 9.65. The highest BCUT2D eigenvalue weighted by Crippen LogP contribution is 2.38. The minimum absolute atomic E-state index is 0.0524. The second kappa shape index (κ2) is 5.64. The molecule has 0 saturated carbocycles. The van der Waals surface area contributed by atoms with E-state index in [0.29, 0.717) is 13.1 Å². The highest BCUT2D eigenvalue weighted by atomic mass is 16.4. The van der Waals surface area contributed by atoms with Gasteiger partial charge in [0.1, 0.15) is 5.54 Å². The van der Waals surface area contributed by atoms with Crippen molar-refractivity contribution in [3.63, 3.8) is 0 Å². The molecular formula is C12H26N2O2. The van der Waals surface area contributed by atoms with Gasteiger partial charge >= 0.3 is 5.97 Å². The van der Waals surface area contributed by atoms with Gasteiger partial charge in [0.15, 0.2) is 0 Å². The number of rotatable bonds is 6. The molecule has 0 fully saturated rings. The SMILES string of the molecule is CC[C@H](C)[C@@](NCCN)(C(=O)O)C(C)(C)C. The van der Waals surface area contributed by atoms with Crippen LogP contribution in [0.2, 0.25) is 0 Å². The molecule has 0 radical (unpaired) electrons. The summed E-state index contributed by atoms with van der Waals surface area (Å²) in [6.45, 7) is 10.8. The number of nitrogens with two attached hydrogens (primary N) is 1. The van der Waals surface area contributed by atoms with Crippen LogP contribution < -0.4 is 11.1 Å². The predicted octanol–water partition coefficient (Wildman–Crippen LogP) is 1.45. The van der Waals surface area contributed by atoms with Crippen molar-refractivity contribution in [3.8, 4) is 0 Å². The summed E-state index contributed by atoms with van der Waals surface area (Å²) < 4.78 is 0. The molecule has 0 rings (SSSR count). The molecule has 0 aliphatic carbocycles. The molecule has 0 heterocycles. The van der Waals surface area contributed by atoms with Gasteiger partial charge in [0, 0.05) is 13.1 Å². The van der Waals surface area contributed by atoms with Crippen LogP contribution in [-0.2, 0) is 4.79 Å². The molecule has 4 N–H and O–H groups in total.